The quantitative estimate of drug-likeness (QED) is 0.249. The minimum Gasteiger partial charge on any atom is -0.394 e. The summed E-state index contributed by atoms with van der Waals surface area (Å²) >= 11 is 7.51. The second-order valence-corrected chi connectivity index (χ2v) is 6.93. The highest BCUT2D eigenvalue weighted by Crippen LogP contribution is 2.31. The third kappa shape index (κ3) is 4.62. The number of nitrogens with zero attached hydrogens (tertiary/aromatic N) is 2. The van der Waals surface area contributed by atoms with Gasteiger partial charge in [-0.3, -0.25) is 0 Å². The molecule has 0 aliphatic heterocycles. The molecule has 0 radical (unpaired) electrons. The third-order valence-electron chi connectivity index (χ3n) is 3.69. The molecule has 0 aromatic carbocycles. The molecule has 1 aliphatic rings. The van der Waals surface area contributed by atoms with Gasteiger partial charge in [0.2, 0.25) is 0 Å². The number of anilines is 2. The van der Waals surface area contributed by atoms with Gasteiger partial charge in [0.05, 0.1) is 25.4 Å². The first-order valence-corrected chi connectivity index (χ1v) is 9.15. The van der Waals surface area contributed by atoms with E-state index in [0.29, 0.717) is 17.4 Å². The molecule has 1 aromatic rings. The van der Waals surface area contributed by atoms with E-state index in [0.717, 1.165) is 12.2 Å². The van der Waals surface area contributed by atoms with Gasteiger partial charge >= 0.3 is 0 Å². The molecule has 136 valence electrons. The van der Waals surface area contributed by atoms with Crippen molar-refractivity contribution < 1.29 is 20.1 Å². The van der Waals surface area contributed by atoms with Gasteiger partial charge in [-0.25, -0.2) is 9.97 Å². The van der Waals surface area contributed by atoms with Crippen LogP contribution in [0, 0.1) is 0 Å². The van der Waals surface area contributed by atoms with E-state index >= 15 is 0 Å². The van der Waals surface area contributed by atoms with Crippen LogP contribution in [0.2, 0.25) is 5.15 Å². The van der Waals surface area contributed by atoms with Gasteiger partial charge in [-0.05, 0) is 12.8 Å². The standard InChI is InChI=1S/C14H23ClN4O4S/c1-2-5-24-14-18-12(15)9(16)13(19-14)17-7-6-8(23-4-3-20)11(22)10(7)21/h7-8,10-11,20-22H,2-6,16H2,1H3,(H,17,18,19)/t7-,8-,10+,11-/m0/s1. The van der Waals surface area contributed by atoms with Crippen molar-refractivity contribution in [3.8, 4) is 0 Å². The molecule has 1 fully saturated rings. The fraction of sp³-hybridized carbons (Fsp3) is 0.714. The van der Waals surface area contributed by atoms with Gasteiger partial charge in [-0.2, -0.15) is 0 Å². The van der Waals surface area contributed by atoms with Crippen LogP contribution in [0.5, 0.6) is 0 Å². The molecule has 0 bridgehead atoms. The first-order valence-electron chi connectivity index (χ1n) is 7.78. The first kappa shape index (κ1) is 19.5. The van der Waals surface area contributed by atoms with Gasteiger partial charge in [-0.15, -0.1) is 0 Å². The topological polar surface area (TPSA) is 134 Å². The second-order valence-electron chi connectivity index (χ2n) is 5.51. The van der Waals surface area contributed by atoms with Crippen molar-refractivity contribution in [2.75, 3.05) is 30.0 Å². The Morgan fingerprint density at radius 2 is 2.12 bits per heavy atom. The van der Waals surface area contributed by atoms with Crippen molar-refractivity contribution in [3.05, 3.63) is 5.15 Å². The Hall–Kier alpha value is -0.840. The molecule has 1 saturated carbocycles. The molecule has 0 spiro atoms. The number of aromatic nitrogens is 2. The number of hydrogen-bond donors (Lipinski definition) is 5. The van der Waals surface area contributed by atoms with Gasteiger partial charge in [0.1, 0.15) is 17.9 Å². The summed E-state index contributed by atoms with van der Waals surface area (Å²) in [5.74, 6) is 1.18. The van der Waals surface area contributed by atoms with E-state index in [1.54, 1.807) is 0 Å². The molecule has 2 rings (SSSR count). The molecule has 8 nitrogen and oxygen atoms in total. The number of ether oxygens (including phenoxy) is 1. The average Bonchev–Trinajstić information content (AvgIpc) is 2.83. The van der Waals surface area contributed by atoms with Crippen molar-refractivity contribution in [1.82, 2.24) is 9.97 Å². The zero-order valence-corrected chi connectivity index (χ0v) is 14.9. The summed E-state index contributed by atoms with van der Waals surface area (Å²) < 4.78 is 5.34. The summed E-state index contributed by atoms with van der Waals surface area (Å²) in [7, 11) is 0. The maximum atomic E-state index is 10.2. The number of nitrogens with two attached hydrogens (primary N) is 1. The minimum atomic E-state index is -1.05. The van der Waals surface area contributed by atoms with E-state index in [1.807, 2.05) is 6.92 Å². The zero-order valence-electron chi connectivity index (χ0n) is 13.4. The van der Waals surface area contributed by atoms with Crippen LogP contribution in [0.3, 0.4) is 0 Å². The lowest BCUT2D eigenvalue weighted by Crippen LogP contribution is -2.36. The normalized spacial score (nSPS) is 26.7. The van der Waals surface area contributed by atoms with Crippen molar-refractivity contribution >= 4 is 34.9 Å². The lowest BCUT2D eigenvalue weighted by molar-refractivity contribution is -0.0612. The maximum absolute atomic E-state index is 10.2. The monoisotopic (exact) mass is 378 g/mol. The molecule has 0 unspecified atom stereocenters. The predicted molar refractivity (Wildman–Crippen MR) is 93.3 cm³/mol. The summed E-state index contributed by atoms with van der Waals surface area (Å²) in [4.78, 5) is 8.46. The van der Waals surface area contributed by atoms with Crippen LogP contribution < -0.4 is 11.1 Å². The Kier molecular flexibility index (Phi) is 7.33. The molecule has 0 amide bonds. The Morgan fingerprint density at radius 3 is 2.79 bits per heavy atom. The predicted octanol–water partition coefficient (Wildman–Crippen LogP) is 0.498. The van der Waals surface area contributed by atoms with E-state index in [2.05, 4.69) is 15.3 Å². The van der Waals surface area contributed by atoms with Crippen LogP contribution in [-0.2, 0) is 4.74 Å². The Bertz CT molecular complexity index is 554. The molecule has 6 N–H and O–H groups in total. The Balaban J connectivity index is 2.10. The summed E-state index contributed by atoms with van der Waals surface area (Å²) in [6.45, 7) is 2.00. The SMILES string of the molecule is CCCSc1nc(Cl)c(N)c(N[C@H]2C[C@H](OCCO)[C@H](O)[C@@H]2O)n1. The number of aliphatic hydroxyl groups excluding tert-OH is 3. The van der Waals surface area contributed by atoms with Gasteiger partial charge in [0, 0.05) is 5.75 Å². The fourth-order valence-corrected chi connectivity index (χ4v) is 3.39. The molecule has 0 saturated heterocycles. The van der Waals surface area contributed by atoms with E-state index in [9.17, 15) is 10.2 Å². The molecular formula is C14H23ClN4O4S. The van der Waals surface area contributed by atoms with Gasteiger partial charge in [0.25, 0.3) is 0 Å². The number of thioether (sulfide) groups is 1. The number of nitrogen functional groups attached to an aromatic ring is 1. The largest absolute Gasteiger partial charge is 0.394 e. The fourth-order valence-electron chi connectivity index (χ4n) is 2.47. The molecule has 10 heteroatoms. The molecule has 4 atom stereocenters. The second kappa shape index (κ2) is 9.02. The van der Waals surface area contributed by atoms with Crippen LogP contribution in [-0.4, -0.2) is 68.6 Å². The summed E-state index contributed by atoms with van der Waals surface area (Å²) in [6.07, 6.45) is -1.36. The average molecular weight is 379 g/mol. The summed E-state index contributed by atoms with van der Waals surface area (Å²) in [6, 6.07) is -0.499. The number of halogens is 1. The van der Waals surface area contributed by atoms with Gasteiger partial charge in [-0.1, -0.05) is 30.3 Å². The van der Waals surface area contributed by atoms with Gasteiger partial charge < -0.3 is 31.1 Å². The molecular weight excluding hydrogens is 356 g/mol. The first-order chi connectivity index (χ1) is 11.5. The smallest absolute Gasteiger partial charge is 0.191 e. The molecule has 1 aromatic heterocycles. The lowest BCUT2D eigenvalue weighted by Gasteiger charge is -2.19. The van der Waals surface area contributed by atoms with Crippen LogP contribution in [0.1, 0.15) is 19.8 Å². The van der Waals surface area contributed by atoms with E-state index in [4.69, 9.17) is 27.2 Å². The lowest BCUT2D eigenvalue weighted by atomic mass is 10.2. The van der Waals surface area contributed by atoms with Crippen molar-refractivity contribution in [3.63, 3.8) is 0 Å². The molecule has 1 aliphatic carbocycles. The van der Waals surface area contributed by atoms with Crippen LogP contribution >= 0.6 is 23.4 Å². The van der Waals surface area contributed by atoms with Crippen LogP contribution in [0.4, 0.5) is 11.5 Å². The van der Waals surface area contributed by atoms with Crippen LogP contribution in [0.25, 0.3) is 0 Å². The minimum absolute atomic E-state index is 0.0977. The highest BCUT2D eigenvalue weighted by atomic mass is 35.5. The van der Waals surface area contributed by atoms with E-state index < -0.39 is 24.4 Å². The molecule has 24 heavy (non-hydrogen) atoms. The van der Waals surface area contributed by atoms with Crippen molar-refractivity contribution in [2.45, 2.75) is 49.3 Å². The number of hydrogen-bond acceptors (Lipinski definition) is 9. The summed E-state index contributed by atoms with van der Waals surface area (Å²) in [5.41, 5.74) is 6.11. The van der Waals surface area contributed by atoms with Crippen LogP contribution in [0.15, 0.2) is 5.16 Å². The summed E-state index contributed by atoms with van der Waals surface area (Å²) in [5, 5.41) is 32.7. The highest BCUT2D eigenvalue weighted by Gasteiger charge is 2.42. The zero-order chi connectivity index (χ0) is 17.7. The number of aliphatic hydroxyl groups is 3. The van der Waals surface area contributed by atoms with Crippen molar-refractivity contribution in [2.24, 2.45) is 0 Å². The number of rotatable bonds is 8. The third-order valence-corrected chi connectivity index (χ3v) is 5.03. The van der Waals surface area contributed by atoms with Crippen molar-refractivity contribution in [1.29, 1.82) is 0 Å². The van der Waals surface area contributed by atoms with E-state index in [-0.39, 0.29) is 24.1 Å². The van der Waals surface area contributed by atoms with Gasteiger partial charge in [0.15, 0.2) is 16.1 Å². The maximum Gasteiger partial charge on any atom is 0.191 e. The van der Waals surface area contributed by atoms with E-state index in [1.165, 1.54) is 11.8 Å². The Labute approximate surface area is 149 Å². The highest BCUT2D eigenvalue weighted by molar-refractivity contribution is 7.99. The Morgan fingerprint density at radius 1 is 1.38 bits per heavy atom. The number of nitrogens with one attached hydrogen (secondary N) is 1. The molecule has 1 heterocycles.